The molecule has 1 heterocycles. The van der Waals surface area contributed by atoms with E-state index in [1.807, 2.05) is 0 Å². The monoisotopic (exact) mass is 235 g/mol. The number of pyridine rings is 1. The van der Waals surface area contributed by atoms with Crippen molar-refractivity contribution in [2.24, 2.45) is 0 Å². The van der Waals surface area contributed by atoms with Crippen LogP contribution in [0.1, 0.15) is 42.6 Å². The van der Waals surface area contributed by atoms with E-state index in [1.165, 1.54) is 12.6 Å². The summed E-state index contributed by atoms with van der Waals surface area (Å²) < 4.78 is 5.52. The van der Waals surface area contributed by atoms with Crippen molar-refractivity contribution >= 4 is 6.29 Å². The van der Waals surface area contributed by atoms with Gasteiger partial charge in [0.25, 0.3) is 0 Å². The van der Waals surface area contributed by atoms with Crippen molar-refractivity contribution in [1.82, 2.24) is 4.98 Å². The highest BCUT2D eigenvalue weighted by Gasteiger charge is 2.29. The SMILES string of the molecule is O=Cc1ccc(OCC2(O)CCCCC2)cn1. The normalized spacial score (nSPS) is 18.6. The molecule has 0 aromatic carbocycles. The minimum atomic E-state index is -0.693. The highest BCUT2D eigenvalue weighted by atomic mass is 16.5. The van der Waals surface area contributed by atoms with Crippen LogP contribution in [0.5, 0.6) is 5.75 Å². The van der Waals surface area contributed by atoms with Gasteiger partial charge < -0.3 is 9.84 Å². The molecule has 1 aromatic heterocycles. The maximum Gasteiger partial charge on any atom is 0.168 e. The predicted molar refractivity (Wildman–Crippen MR) is 63.2 cm³/mol. The quantitative estimate of drug-likeness (QED) is 0.810. The summed E-state index contributed by atoms with van der Waals surface area (Å²) in [6.45, 7) is 0.301. The van der Waals surface area contributed by atoms with E-state index in [1.54, 1.807) is 12.1 Å². The van der Waals surface area contributed by atoms with Gasteiger partial charge in [-0.2, -0.15) is 0 Å². The van der Waals surface area contributed by atoms with E-state index >= 15 is 0 Å². The third-order valence-electron chi connectivity index (χ3n) is 3.17. The molecule has 0 radical (unpaired) electrons. The van der Waals surface area contributed by atoms with Crippen molar-refractivity contribution < 1.29 is 14.6 Å². The Balaban J connectivity index is 1.89. The molecular weight excluding hydrogens is 218 g/mol. The number of aromatic nitrogens is 1. The number of carbonyl (C=O) groups excluding carboxylic acids is 1. The van der Waals surface area contributed by atoms with E-state index in [4.69, 9.17) is 4.74 Å². The van der Waals surface area contributed by atoms with Crippen molar-refractivity contribution in [3.63, 3.8) is 0 Å². The largest absolute Gasteiger partial charge is 0.489 e. The van der Waals surface area contributed by atoms with Crippen molar-refractivity contribution in [3.8, 4) is 5.75 Å². The molecule has 0 bridgehead atoms. The summed E-state index contributed by atoms with van der Waals surface area (Å²) in [6.07, 6.45) is 7.11. The molecule has 2 rings (SSSR count). The van der Waals surface area contributed by atoms with E-state index in [0.29, 0.717) is 24.3 Å². The molecular formula is C13H17NO3. The van der Waals surface area contributed by atoms with Crippen LogP contribution in [0.2, 0.25) is 0 Å². The molecule has 1 saturated carbocycles. The van der Waals surface area contributed by atoms with Crippen LogP contribution in [-0.2, 0) is 0 Å². The van der Waals surface area contributed by atoms with Crippen LogP contribution in [0.25, 0.3) is 0 Å². The smallest absolute Gasteiger partial charge is 0.168 e. The molecule has 17 heavy (non-hydrogen) atoms. The van der Waals surface area contributed by atoms with Crippen LogP contribution in [-0.4, -0.2) is 28.6 Å². The second-order valence-electron chi connectivity index (χ2n) is 4.61. The number of aldehydes is 1. The number of carbonyl (C=O) groups is 1. The molecule has 1 aliphatic rings. The Kier molecular flexibility index (Phi) is 3.74. The number of ether oxygens (including phenoxy) is 1. The van der Waals surface area contributed by atoms with Crippen LogP contribution in [0.3, 0.4) is 0 Å². The second-order valence-corrected chi connectivity index (χ2v) is 4.61. The number of nitrogens with zero attached hydrogens (tertiary/aromatic N) is 1. The topological polar surface area (TPSA) is 59.4 Å². The molecule has 92 valence electrons. The number of aliphatic hydroxyl groups is 1. The lowest BCUT2D eigenvalue weighted by molar-refractivity contribution is -0.0339. The van der Waals surface area contributed by atoms with Gasteiger partial charge in [0.1, 0.15) is 18.1 Å². The maximum atomic E-state index is 10.4. The highest BCUT2D eigenvalue weighted by molar-refractivity contribution is 5.71. The zero-order valence-corrected chi connectivity index (χ0v) is 9.76. The molecule has 0 spiro atoms. The standard InChI is InChI=1S/C13H17NO3/c15-9-11-4-5-12(8-14-11)17-10-13(16)6-2-1-3-7-13/h4-5,8-9,16H,1-3,6-7,10H2. The van der Waals surface area contributed by atoms with Gasteiger partial charge in [-0.05, 0) is 25.0 Å². The fourth-order valence-electron chi connectivity index (χ4n) is 2.12. The Morgan fingerprint density at radius 2 is 2.12 bits per heavy atom. The Hall–Kier alpha value is -1.42. The number of hydrogen-bond acceptors (Lipinski definition) is 4. The van der Waals surface area contributed by atoms with Gasteiger partial charge in [-0.3, -0.25) is 4.79 Å². The Morgan fingerprint density at radius 1 is 1.35 bits per heavy atom. The molecule has 0 unspecified atom stereocenters. The van der Waals surface area contributed by atoms with Crippen molar-refractivity contribution in [3.05, 3.63) is 24.0 Å². The summed E-state index contributed by atoms with van der Waals surface area (Å²) in [4.78, 5) is 14.3. The van der Waals surface area contributed by atoms with Gasteiger partial charge in [0.2, 0.25) is 0 Å². The van der Waals surface area contributed by atoms with Gasteiger partial charge >= 0.3 is 0 Å². The first kappa shape index (κ1) is 12.0. The fraction of sp³-hybridized carbons (Fsp3) is 0.538. The van der Waals surface area contributed by atoms with Crippen LogP contribution < -0.4 is 4.74 Å². The molecule has 0 saturated heterocycles. The van der Waals surface area contributed by atoms with Gasteiger partial charge in [-0.25, -0.2) is 4.98 Å². The third-order valence-corrected chi connectivity index (χ3v) is 3.17. The number of rotatable bonds is 4. The van der Waals surface area contributed by atoms with Crippen LogP contribution in [0, 0.1) is 0 Å². The molecule has 1 fully saturated rings. The van der Waals surface area contributed by atoms with Crippen molar-refractivity contribution in [1.29, 1.82) is 0 Å². The first-order valence-corrected chi connectivity index (χ1v) is 5.98. The van der Waals surface area contributed by atoms with Gasteiger partial charge in [0, 0.05) is 0 Å². The summed E-state index contributed by atoms with van der Waals surface area (Å²) in [7, 11) is 0. The predicted octanol–water partition coefficient (Wildman–Crippen LogP) is 1.97. The lowest BCUT2D eigenvalue weighted by Crippen LogP contribution is -2.37. The van der Waals surface area contributed by atoms with Crippen LogP contribution in [0.4, 0.5) is 0 Å². The van der Waals surface area contributed by atoms with Gasteiger partial charge in [-0.15, -0.1) is 0 Å². The summed E-state index contributed by atoms with van der Waals surface area (Å²) in [5, 5.41) is 10.2. The van der Waals surface area contributed by atoms with E-state index in [0.717, 1.165) is 25.7 Å². The minimum Gasteiger partial charge on any atom is -0.489 e. The summed E-state index contributed by atoms with van der Waals surface area (Å²) in [6, 6.07) is 3.30. The minimum absolute atomic E-state index is 0.301. The molecule has 0 aliphatic heterocycles. The van der Waals surface area contributed by atoms with Gasteiger partial charge in [0.15, 0.2) is 6.29 Å². The van der Waals surface area contributed by atoms with E-state index in [2.05, 4.69) is 4.98 Å². The summed E-state index contributed by atoms with van der Waals surface area (Å²) >= 11 is 0. The van der Waals surface area contributed by atoms with E-state index < -0.39 is 5.60 Å². The van der Waals surface area contributed by atoms with Crippen LogP contribution >= 0.6 is 0 Å². The molecule has 0 atom stereocenters. The zero-order valence-electron chi connectivity index (χ0n) is 9.76. The maximum absolute atomic E-state index is 10.4. The van der Waals surface area contributed by atoms with E-state index in [-0.39, 0.29) is 0 Å². The molecule has 4 nitrogen and oxygen atoms in total. The summed E-state index contributed by atoms with van der Waals surface area (Å²) in [5.74, 6) is 0.592. The summed E-state index contributed by atoms with van der Waals surface area (Å²) in [5.41, 5.74) is -0.310. The Bertz CT molecular complexity index is 369. The lowest BCUT2D eigenvalue weighted by Gasteiger charge is -2.31. The van der Waals surface area contributed by atoms with Crippen molar-refractivity contribution in [2.75, 3.05) is 6.61 Å². The molecule has 1 aliphatic carbocycles. The number of hydrogen-bond donors (Lipinski definition) is 1. The first-order valence-electron chi connectivity index (χ1n) is 5.98. The van der Waals surface area contributed by atoms with Crippen LogP contribution in [0.15, 0.2) is 18.3 Å². The van der Waals surface area contributed by atoms with Gasteiger partial charge in [0.05, 0.1) is 11.8 Å². The van der Waals surface area contributed by atoms with Gasteiger partial charge in [-0.1, -0.05) is 19.3 Å². The second kappa shape index (κ2) is 5.27. The first-order chi connectivity index (χ1) is 8.22. The Labute approximate surface area is 101 Å². The molecule has 0 amide bonds. The lowest BCUT2D eigenvalue weighted by atomic mass is 9.86. The van der Waals surface area contributed by atoms with Crippen molar-refractivity contribution in [2.45, 2.75) is 37.7 Å². The molecule has 1 N–H and O–H groups in total. The average molecular weight is 235 g/mol. The third kappa shape index (κ3) is 3.27. The van der Waals surface area contributed by atoms with E-state index in [9.17, 15) is 9.90 Å². The highest BCUT2D eigenvalue weighted by Crippen LogP contribution is 2.28. The molecule has 4 heteroatoms. The molecule has 1 aromatic rings. The average Bonchev–Trinajstić information content (AvgIpc) is 2.38. The Morgan fingerprint density at radius 3 is 2.71 bits per heavy atom. The fourth-order valence-corrected chi connectivity index (χ4v) is 2.12. The zero-order chi connectivity index (χ0) is 12.1.